The van der Waals surface area contributed by atoms with Crippen molar-refractivity contribution < 1.29 is 4.79 Å². The molecule has 152 valence electrons. The van der Waals surface area contributed by atoms with E-state index in [0.29, 0.717) is 16.8 Å². The largest absolute Gasteiger partial charge is 0.354 e. The van der Waals surface area contributed by atoms with E-state index in [9.17, 15) is 9.59 Å². The van der Waals surface area contributed by atoms with Crippen molar-refractivity contribution in [2.24, 2.45) is 0 Å². The number of rotatable bonds is 6. The van der Waals surface area contributed by atoms with Crippen LogP contribution in [-0.2, 0) is 17.8 Å². The van der Waals surface area contributed by atoms with Gasteiger partial charge in [-0.2, -0.15) is 0 Å². The molecule has 4 aromatic rings. The number of aryl methyl sites for hydroxylation is 2. The Labute approximate surface area is 179 Å². The Balaban J connectivity index is 1.53. The molecule has 0 bridgehead atoms. The van der Waals surface area contributed by atoms with Gasteiger partial charge >= 0.3 is 0 Å². The SMILES string of the molecule is Cc1ccc(-c2csc3ncn(CC(=O)NCCc4ccccc4)c(=O)c23)cc1C. The van der Waals surface area contributed by atoms with Crippen molar-refractivity contribution in [3.63, 3.8) is 0 Å². The minimum absolute atomic E-state index is 0.0429. The van der Waals surface area contributed by atoms with E-state index in [-0.39, 0.29) is 18.0 Å². The lowest BCUT2D eigenvalue weighted by molar-refractivity contribution is -0.121. The summed E-state index contributed by atoms with van der Waals surface area (Å²) in [6.07, 6.45) is 2.21. The van der Waals surface area contributed by atoms with E-state index in [0.717, 1.165) is 23.1 Å². The van der Waals surface area contributed by atoms with Crippen LogP contribution in [0.5, 0.6) is 0 Å². The van der Waals surface area contributed by atoms with Crippen molar-refractivity contribution in [3.05, 3.63) is 87.3 Å². The standard InChI is InChI=1S/C24H23N3O2S/c1-16-8-9-19(12-17(16)2)20-14-30-23-22(20)24(29)27(15-26-23)13-21(28)25-11-10-18-6-4-3-5-7-18/h3-9,12,14-15H,10-11,13H2,1-2H3,(H,25,28). The first kappa shape index (κ1) is 20.0. The van der Waals surface area contributed by atoms with Crippen molar-refractivity contribution in [1.82, 2.24) is 14.9 Å². The van der Waals surface area contributed by atoms with Crippen LogP contribution in [0.15, 0.2) is 65.0 Å². The maximum absolute atomic E-state index is 13.1. The van der Waals surface area contributed by atoms with Crippen molar-refractivity contribution >= 4 is 27.5 Å². The van der Waals surface area contributed by atoms with Gasteiger partial charge in [-0.15, -0.1) is 11.3 Å². The third kappa shape index (κ3) is 4.19. The van der Waals surface area contributed by atoms with E-state index in [4.69, 9.17) is 0 Å². The first-order valence-electron chi connectivity index (χ1n) is 9.88. The van der Waals surface area contributed by atoms with Gasteiger partial charge in [-0.1, -0.05) is 48.5 Å². The van der Waals surface area contributed by atoms with Gasteiger partial charge in [0.2, 0.25) is 5.91 Å². The number of aromatic nitrogens is 2. The molecule has 30 heavy (non-hydrogen) atoms. The predicted octanol–water partition coefficient (Wildman–Crippen LogP) is 4.10. The number of amides is 1. The van der Waals surface area contributed by atoms with E-state index in [1.54, 1.807) is 0 Å². The molecule has 6 heteroatoms. The van der Waals surface area contributed by atoms with Gasteiger partial charge in [0.05, 0.1) is 11.7 Å². The van der Waals surface area contributed by atoms with Crippen LogP contribution >= 0.6 is 11.3 Å². The van der Waals surface area contributed by atoms with Crippen LogP contribution in [0.25, 0.3) is 21.3 Å². The zero-order valence-corrected chi connectivity index (χ0v) is 17.8. The minimum Gasteiger partial charge on any atom is -0.354 e. The zero-order valence-electron chi connectivity index (χ0n) is 17.0. The lowest BCUT2D eigenvalue weighted by atomic mass is 10.0. The Hall–Kier alpha value is -3.25. The lowest BCUT2D eigenvalue weighted by Gasteiger charge is -2.08. The molecule has 0 saturated heterocycles. The second-order valence-electron chi connectivity index (χ2n) is 7.39. The number of thiophene rings is 1. The molecule has 4 rings (SSSR count). The molecule has 2 aromatic carbocycles. The number of hydrogen-bond acceptors (Lipinski definition) is 4. The van der Waals surface area contributed by atoms with E-state index in [1.165, 1.54) is 33.4 Å². The Kier molecular flexibility index (Phi) is 5.77. The Morgan fingerprint density at radius 3 is 2.67 bits per heavy atom. The molecule has 0 aliphatic carbocycles. The third-order valence-corrected chi connectivity index (χ3v) is 6.16. The fraction of sp³-hybridized carbons (Fsp3) is 0.208. The third-order valence-electron chi connectivity index (χ3n) is 5.27. The molecule has 0 aliphatic rings. The van der Waals surface area contributed by atoms with Gasteiger partial charge in [0.1, 0.15) is 11.4 Å². The average molecular weight is 418 g/mol. The number of carbonyl (C=O) groups excluding carboxylic acids is 1. The van der Waals surface area contributed by atoms with Crippen molar-refractivity contribution in [2.45, 2.75) is 26.8 Å². The Morgan fingerprint density at radius 2 is 1.90 bits per heavy atom. The molecule has 0 aliphatic heterocycles. The van der Waals surface area contributed by atoms with Gasteiger partial charge in [0, 0.05) is 17.5 Å². The maximum Gasteiger partial charge on any atom is 0.263 e. The van der Waals surface area contributed by atoms with Gasteiger partial charge in [-0.05, 0) is 42.5 Å². The summed E-state index contributed by atoms with van der Waals surface area (Å²) in [5, 5.41) is 5.42. The van der Waals surface area contributed by atoms with E-state index >= 15 is 0 Å². The average Bonchev–Trinajstić information content (AvgIpc) is 3.18. The fourth-order valence-corrected chi connectivity index (χ4v) is 4.31. The minimum atomic E-state index is -0.197. The highest BCUT2D eigenvalue weighted by molar-refractivity contribution is 7.17. The van der Waals surface area contributed by atoms with E-state index in [2.05, 4.69) is 36.3 Å². The number of benzene rings is 2. The number of nitrogens with one attached hydrogen (secondary N) is 1. The highest BCUT2D eigenvalue weighted by atomic mass is 32.1. The second-order valence-corrected chi connectivity index (χ2v) is 8.25. The summed E-state index contributed by atoms with van der Waals surface area (Å²) in [5.41, 5.74) is 5.22. The van der Waals surface area contributed by atoms with E-state index in [1.807, 2.05) is 41.8 Å². The van der Waals surface area contributed by atoms with Gasteiger partial charge in [-0.25, -0.2) is 4.98 Å². The van der Waals surface area contributed by atoms with Crippen LogP contribution in [0.1, 0.15) is 16.7 Å². The van der Waals surface area contributed by atoms with Crippen molar-refractivity contribution in [2.75, 3.05) is 6.54 Å². The monoisotopic (exact) mass is 417 g/mol. The van der Waals surface area contributed by atoms with Gasteiger partial charge in [0.25, 0.3) is 5.56 Å². The number of nitrogens with zero attached hydrogens (tertiary/aromatic N) is 2. The summed E-state index contributed by atoms with van der Waals surface area (Å²) < 4.78 is 1.39. The summed E-state index contributed by atoms with van der Waals surface area (Å²) in [4.78, 5) is 30.6. The first-order valence-corrected chi connectivity index (χ1v) is 10.8. The molecule has 0 unspecified atom stereocenters. The fourth-order valence-electron chi connectivity index (χ4n) is 3.40. The molecular formula is C24H23N3O2S. The van der Waals surface area contributed by atoms with Crippen LogP contribution in [0, 0.1) is 13.8 Å². The van der Waals surface area contributed by atoms with Gasteiger partial charge in [0.15, 0.2) is 0 Å². The van der Waals surface area contributed by atoms with Crippen LogP contribution in [0.2, 0.25) is 0 Å². The molecule has 0 fully saturated rings. The second kappa shape index (κ2) is 8.63. The van der Waals surface area contributed by atoms with E-state index < -0.39 is 0 Å². The summed E-state index contributed by atoms with van der Waals surface area (Å²) in [7, 11) is 0. The smallest absolute Gasteiger partial charge is 0.263 e. The first-order chi connectivity index (χ1) is 14.5. The summed E-state index contributed by atoms with van der Waals surface area (Å²) in [6, 6.07) is 16.1. The van der Waals surface area contributed by atoms with Crippen molar-refractivity contribution in [3.8, 4) is 11.1 Å². The number of fused-ring (bicyclic) bond motifs is 1. The highest BCUT2D eigenvalue weighted by Gasteiger charge is 2.15. The molecule has 0 radical (unpaired) electrons. The normalized spacial score (nSPS) is 11.0. The summed E-state index contributed by atoms with van der Waals surface area (Å²) in [5.74, 6) is -0.197. The highest BCUT2D eigenvalue weighted by Crippen LogP contribution is 2.31. The lowest BCUT2D eigenvalue weighted by Crippen LogP contribution is -2.33. The molecule has 0 spiro atoms. The molecule has 0 atom stereocenters. The topological polar surface area (TPSA) is 64.0 Å². The molecule has 2 aromatic heterocycles. The quantitative estimate of drug-likeness (QED) is 0.514. The maximum atomic E-state index is 13.1. The molecular weight excluding hydrogens is 394 g/mol. The van der Waals surface area contributed by atoms with Crippen LogP contribution in [-0.4, -0.2) is 22.0 Å². The molecule has 5 nitrogen and oxygen atoms in total. The van der Waals surface area contributed by atoms with Crippen LogP contribution in [0.3, 0.4) is 0 Å². The van der Waals surface area contributed by atoms with Gasteiger partial charge in [-0.3, -0.25) is 14.2 Å². The van der Waals surface area contributed by atoms with Crippen LogP contribution in [0.4, 0.5) is 0 Å². The molecule has 1 amide bonds. The van der Waals surface area contributed by atoms with Crippen LogP contribution < -0.4 is 10.9 Å². The van der Waals surface area contributed by atoms with Gasteiger partial charge < -0.3 is 5.32 Å². The Bertz CT molecular complexity index is 1260. The molecule has 2 heterocycles. The molecule has 1 N–H and O–H groups in total. The number of hydrogen-bond donors (Lipinski definition) is 1. The Morgan fingerprint density at radius 1 is 1.10 bits per heavy atom. The summed E-state index contributed by atoms with van der Waals surface area (Å²) in [6.45, 7) is 4.61. The van der Waals surface area contributed by atoms with Crippen molar-refractivity contribution in [1.29, 1.82) is 0 Å². The number of carbonyl (C=O) groups is 1. The molecule has 0 saturated carbocycles. The predicted molar refractivity (Wildman–Crippen MR) is 122 cm³/mol. The zero-order chi connectivity index (χ0) is 21.1. The summed E-state index contributed by atoms with van der Waals surface area (Å²) >= 11 is 1.45.